The van der Waals surface area contributed by atoms with Crippen LogP contribution in [0.3, 0.4) is 0 Å². The number of anilines is 1. The van der Waals surface area contributed by atoms with Gasteiger partial charge in [0, 0.05) is 46.1 Å². The third-order valence-electron chi connectivity index (χ3n) is 4.32. The van der Waals surface area contributed by atoms with Gasteiger partial charge in [-0.2, -0.15) is 0 Å². The number of methoxy groups -OCH3 is 1. The van der Waals surface area contributed by atoms with Gasteiger partial charge in [-0.25, -0.2) is 9.98 Å². The maximum atomic E-state index is 5.07. The SMILES string of the molecule is CCNC(=NCc1ccc(N2CCCCCC2)nc1)NCCCOC. The molecule has 140 valence electrons. The molecule has 1 aromatic heterocycles. The number of aromatic nitrogens is 1. The Hall–Kier alpha value is -1.82. The van der Waals surface area contributed by atoms with E-state index in [-0.39, 0.29) is 0 Å². The molecule has 0 bridgehead atoms. The molecule has 0 atom stereocenters. The molecule has 0 amide bonds. The van der Waals surface area contributed by atoms with Crippen LogP contribution < -0.4 is 15.5 Å². The molecule has 25 heavy (non-hydrogen) atoms. The van der Waals surface area contributed by atoms with E-state index in [9.17, 15) is 0 Å². The fraction of sp³-hybridized carbons (Fsp3) is 0.684. The molecule has 0 saturated carbocycles. The Morgan fingerprint density at radius 2 is 2.00 bits per heavy atom. The van der Waals surface area contributed by atoms with Gasteiger partial charge in [-0.15, -0.1) is 0 Å². The summed E-state index contributed by atoms with van der Waals surface area (Å²) in [5.41, 5.74) is 1.13. The van der Waals surface area contributed by atoms with Crippen LogP contribution in [0.1, 0.15) is 44.6 Å². The van der Waals surface area contributed by atoms with Gasteiger partial charge in [-0.1, -0.05) is 18.9 Å². The van der Waals surface area contributed by atoms with Gasteiger partial charge in [-0.3, -0.25) is 0 Å². The maximum Gasteiger partial charge on any atom is 0.191 e. The molecule has 2 heterocycles. The van der Waals surface area contributed by atoms with Crippen molar-refractivity contribution in [2.75, 3.05) is 44.8 Å². The van der Waals surface area contributed by atoms with Crippen LogP contribution in [-0.4, -0.2) is 50.8 Å². The number of hydrogen-bond donors (Lipinski definition) is 2. The standard InChI is InChI=1S/C19H33N5O/c1-3-20-19(21-11-8-14-25-2)23-16-17-9-10-18(22-15-17)24-12-6-4-5-7-13-24/h9-10,15H,3-8,11-14,16H2,1-2H3,(H2,20,21,23). The summed E-state index contributed by atoms with van der Waals surface area (Å²) in [6.07, 6.45) is 8.15. The van der Waals surface area contributed by atoms with Crippen molar-refractivity contribution in [2.45, 2.75) is 45.6 Å². The van der Waals surface area contributed by atoms with E-state index in [4.69, 9.17) is 4.74 Å². The zero-order chi connectivity index (χ0) is 17.7. The quantitative estimate of drug-likeness (QED) is 0.430. The van der Waals surface area contributed by atoms with Crippen LogP contribution in [0.4, 0.5) is 5.82 Å². The van der Waals surface area contributed by atoms with Gasteiger partial charge in [0.2, 0.25) is 0 Å². The molecular formula is C19H33N5O. The molecule has 1 aromatic rings. The first-order valence-electron chi connectivity index (χ1n) is 9.54. The summed E-state index contributed by atoms with van der Waals surface area (Å²) in [5.74, 6) is 1.94. The first-order chi connectivity index (χ1) is 12.3. The van der Waals surface area contributed by atoms with Gasteiger partial charge in [0.1, 0.15) is 5.82 Å². The molecule has 1 aliphatic heterocycles. The number of aliphatic imine (C=N–C) groups is 1. The third-order valence-corrected chi connectivity index (χ3v) is 4.32. The summed E-state index contributed by atoms with van der Waals surface area (Å²) in [6, 6.07) is 4.28. The zero-order valence-electron chi connectivity index (χ0n) is 15.8. The molecule has 2 N–H and O–H groups in total. The summed E-state index contributed by atoms with van der Waals surface area (Å²) >= 11 is 0. The number of rotatable bonds is 8. The molecule has 6 heteroatoms. The molecule has 1 saturated heterocycles. The highest BCUT2D eigenvalue weighted by molar-refractivity contribution is 5.79. The Kier molecular flexibility index (Phi) is 9.12. The van der Waals surface area contributed by atoms with E-state index in [2.05, 4.69) is 44.6 Å². The minimum atomic E-state index is 0.632. The van der Waals surface area contributed by atoms with E-state index in [0.29, 0.717) is 6.54 Å². The van der Waals surface area contributed by atoms with E-state index in [1.165, 1.54) is 25.7 Å². The Balaban J connectivity index is 1.87. The highest BCUT2D eigenvalue weighted by Gasteiger charge is 2.10. The molecule has 0 aromatic carbocycles. The normalized spacial score (nSPS) is 15.8. The van der Waals surface area contributed by atoms with Gasteiger partial charge in [-0.05, 0) is 37.8 Å². The van der Waals surface area contributed by atoms with Crippen LogP contribution in [0, 0.1) is 0 Å². The predicted octanol–water partition coefficient (Wildman–Crippen LogP) is 2.55. The Labute approximate surface area is 152 Å². The molecule has 1 aliphatic rings. The molecule has 0 aliphatic carbocycles. The van der Waals surface area contributed by atoms with Gasteiger partial charge in [0.05, 0.1) is 6.54 Å². The van der Waals surface area contributed by atoms with Crippen molar-refractivity contribution < 1.29 is 4.74 Å². The molecule has 0 unspecified atom stereocenters. The van der Waals surface area contributed by atoms with Crippen molar-refractivity contribution in [1.82, 2.24) is 15.6 Å². The van der Waals surface area contributed by atoms with Gasteiger partial charge < -0.3 is 20.3 Å². The largest absolute Gasteiger partial charge is 0.385 e. The van der Waals surface area contributed by atoms with Crippen LogP contribution in [0.15, 0.2) is 23.3 Å². The lowest BCUT2D eigenvalue weighted by atomic mass is 10.2. The monoisotopic (exact) mass is 347 g/mol. The van der Waals surface area contributed by atoms with E-state index in [1.54, 1.807) is 7.11 Å². The lowest BCUT2D eigenvalue weighted by Crippen LogP contribution is -2.38. The van der Waals surface area contributed by atoms with E-state index in [1.807, 2.05) is 6.20 Å². The number of guanidine groups is 1. The Morgan fingerprint density at radius 3 is 2.64 bits per heavy atom. The van der Waals surface area contributed by atoms with Crippen LogP contribution in [0.25, 0.3) is 0 Å². The minimum absolute atomic E-state index is 0.632. The molecule has 6 nitrogen and oxygen atoms in total. The number of nitrogens with one attached hydrogen (secondary N) is 2. The highest BCUT2D eigenvalue weighted by atomic mass is 16.5. The van der Waals surface area contributed by atoms with Gasteiger partial charge in [0.25, 0.3) is 0 Å². The average Bonchev–Trinajstić information content (AvgIpc) is 2.93. The second-order valence-electron chi connectivity index (χ2n) is 6.39. The van der Waals surface area contributed by atoms with Crippen LogP contribution in [0.2, 0.25) is 0 Å². The first-order valence-corrected chi connectivity index (χ1v) is 9.54. The van der Waals surface area contributed by atoms with Crippen LogP contribution in [-0.2, 0) is 11.3 Å². The summed E-state index contributed by atoms with van der Waals surface area (Å²) in [4.78, 5) is 11.7. The topological polar surface area (TPSA) is 61.8 Å². The molecule has 1 fully saturated rings. The number of pyridine rings is 1. The minimum Gasteiger partial charge on any atom is -0.385 e. The van der Waals surface area contributed by atoms with Crippen molar-refractivity contribution in [1.29, 1.82) is 0 Å². The second kappa shape index (κ2) is 11.7. The molecular weight excluding hydrogens is 314 g/mol. The number of ether oxygens (including phenoxy) is 1. The lowest BCUT2D eigenvalue weighted by molar-refractivity contribution is 0.195. The average molecular weight is 348 g/mol. The Bertz CT molecular complexity index is 495. The van der Waals surface area contributed by atoms with E-state index in [0.717, 1.165) is 56.5 Å². The summed E-state index contributed by atoms with van der Waals surface area (Å²) in [7, 11) is 1.72. The second-order valence-corrected chi connectivity index (χ2v) is 6.39. The van der Waals surface area contributed by atoms with Crippen molar-refractivity contribution in [3.05, 3.63) is 23.9 Å². The first kappa shape index (κ1) is 19.5. The van der Waals surface area contributed by atoms with Crippen molar-refractivity contribution >= 4 is 11.8 Å². The van der Waals surface area contributed by atoms with Crippen LogP contribution >= 0.6 is 0 Å². The van der Waals surface area contributed by atoms with Crippen molar-refractivity contribution in [2.24, 2.45) is 4.99 Å². The molecule has 2 rings (SSSR count). The Morgan fingerprint density at radius 1 is 1.20 bits per heavy atom. The summed E-state index contributed by atoms with van der Waals surface area (Å²) in [6.45, 7) is 7.42. The highest BCUT2D eigenvalue weighted by Crippen LogP contribution is 2.17. The van der Waals surface area contributed by atoms with E-state index < -0.39 is 0 Å². The smallest absolute Gasteiger partial charge is 0.191 e. The van der Waals surface area contributed by atoms with Crippen molar-refractivity contribution in [3.63, 3.8) is 0 Å². The van der Waals surface area contributed by atoms with Crippen LogP contribution in [0.5, 0.6) is 0 Å². The van der Waals surface area contributed by atoms with E-state index >= 15 is 0 Å². The molecule has 0 radical (unpaired) electrons. The van der Waals surface area contributed by atoms with Gasteiger partial charge in [0.15, 0.2) is 5.96 Å². The fourth-order valence-electron chi connectivity index (χ4n) is 2.93. The number of nitrogens with zero attached hydrogens (tertiary/aromatic N) is 3. The van der Waals surface area contributed by atoms with Gasteiger partial charge >= 0.3 is 0 Å². The summed E-state index contributed by atoms with van der Waals surface area (Å²) < 4.78 is 5.07. The lowest BCUT2D eigenvalue weighted by Gasteiger charge is -2.21. The third kappa shape index (κ3) is 7.30. The maximum absolute atomic E-state index is 5.07. The summed E-state index contributed by atoms with van der Waals surface area (Å²) in [5, 5.41) is 6.60. The molecule has 0 spiro atoms. The fourth-order valence-corrected chi connectivity index (χ4v) is 2.93. The zero-order valence-corrected chi connectivity index (χ0v) is 15.8. The number of hydrogen-bond acceptors (Lipinski definition) is 4. The van der Waals surface area contributed by atoms with Crippen molar-refractivity contribution in [3.8, 4) is 0 Å². The predicted molar refractivity (Wildman–Crippen MR) is 104 cm³/mol.